The molecule has 1 fully saturated rings. The molecule has 1 rings (SSSR count). The predicted molar refractivity (Wildman–Crippen MR) is 71.5 cm³/mol. The lowest BCUT2D eigenvalue weighted by atomic mass is 9.89. The minimum Gasteiger partial charge on any atom is -0.330 e. The molecule has 2 nitrogen and oxygen atoms in total. The summed E-state index contributed by atoms with van der Waals surface area (Å²) in [6, 6.07) is 0. The van der Waals surface area contributed by atoms with Crippen molar-refractivity contribution in [1.29, 1.82) is 0 Å². The van der Waals surface area contributed by atoms with Gasteiger partial charge in [0.05, 0.1) is 0 Å². The predicted octanol–water partition coefficient (Wildman–Crippen LogP) is 2.87. The topological polar surface area (TPSA) is 29.3 Å². The van der Waals surface area contributed by atoms with Crippen LogP contribution in [0.3, 0.4) is 0 Å². The van der Waals surface area contributed by atoms with Gasteiger partial charge in [0.15, 0.2) is 0 Å². The molecule has 16 heavy (non-hydrogen) atoms. The first-order valence-electron chi connectivity index (χ1n) is 7.14. The lowest BCUT2D eigenvalue weighted by molar-refractivity contribution is 0.183. The molecule has 0 bridgehead atoms. The quantitative estimate of drug-likeness (QED) is 0.723. The molecular weight excluding hydrogens is 196 g/mol. The number of nitrogens with two attached hydrogens (primary N) is 1. The van der Waals surface area contributed by atoms with E-state index in [1.807, 2.05) is 0 Å². The molecule has 0 heterocycles. The Morgan fingerprint density at radius 2 is 1.88 bits per heavy atom. The van der Waals surface area contributed by atoms with Crippen LogP contribution in [0, 0.1) is 11.8 Å². The third kappa shape index (κ3) is 5.86. The van der Waals surface area contributed by atoms with Crippen molar-refractivity contribution < 1.29 is 0 Å². The second-order valence-electron chi connectivity index (χ2n) is 5.80. The number of hydrogen-bond donors (Lipinski definition) is 1. The molecule has 1 aliphatic carbocycles. The van der Waals surface area contributed by atoms with E-state index >= 15 is 0 Å². The Kier molecular flexibility index (Phi) is 7.06. The molecule has 0 aromatic carbocycles. The van der Waals surface area contributed by atoms with Crippen LogP contribution in [-0.4, -0.2) is 31.1 Å². The molecule has 2 heteroatoms. The average molecular weight is 226 g/mol. The lowest BCUT2D eigenvalue weighted by Gasteiger charge is -2.30. The van der Waals surface area contributed by atoms with Gasteiger partial charge in [-0.15, -0.1) is 0 Å². The summed E-state index contributed by atoms with van der Waals surface area (Å²) in [5.74, 6) is 1.74. The molecule has 0 atom stereocenters. The van der Waals surface area contributed by atoms with Crippen LogP contribution in [0.5, 0.6) is 0 Å². The summed E-state index contributed by atoms with van der Waals surface area (Å²) in [5, 5.41) is 0. The zero-order chi connectivity index (χ0) is 11.8. The molecule has 0 spiro atoms. The van der Waals surface area contributed by atoms with Gasteiger partial charge in [-0.1, -0.05) is 33.1 Å². The van der Waals surface area contributed by atoms with Gasteiger partial charge in [0.2, 0.25) is 0 Å². The van der Waals surface area contributed by atoms with E-state index in [-0.39, 0.29) is 0 Å². The summed E-state index contributed by atoms with van der Waals surface area (Å²) >= 11 is 0. The van der Waals surface area contributed by atoms with Gasteiger partial charge in [0.25, 0.3) is 0 Å². The first-order chi connectivity index (χ1) is 7.72. The van der Waals surface area contributed by atoms with Crippen molar-refractivity contribution in [2.45, 2.75) is 52.4 Å². The molecule has 0 saturated heterocycles. The van der Waals surface area contributed by atoms with Crippen LogP contribution >= 0.6 is 0 Å². The summed E-state index contributed by atoms with van der Waals surface area (Å²) in [6.45, 7) is 9.23. The molecular formula is C14H30N2. The van der Waals surface area contributed by atoms with Gasteiger partial charge in [0, 0.05) is 13.1 Å². The SMILES string of the molecule is CC(C)CN(CCCN)CC1CCCCC1. The number of nitrogens with zero attached hydrogens (tertiary/aromatic N) is 1. The summed E-state index contributed by atoms with van der Waals surface area (Å²) in [4.78, 5) is 2.65. The van der Waals surface area contributed by atoms with Crippen LogP contribution in [0.4, 0.5) is 0 Å². The van der Waals surface area contributed by atoms with Crippen molar-refractivity contribution in [2.75, 3.05) is 26.2 Å². The van der Waals surface area contributed by atoms with Crippen LogP contribution in [-0.2, 0) is 0 Å². The number of rotatable bonds is 7. The van der Waals surface area contributed by atoms with E-state index in [0.29, 0.717) is 0 Å². The maximum atomic E-state index is 5.61. The van der Waals surface area contributed by atoms with Crippen LogP contribution in [0.1, 0.15) is 52.4 Å². The third-order valence-electron chi connectivity index (χ3n) is 3.54. The van der Waals surface area contributed by atoms with E-state index in [1.165, 1.54) is 51.7 Å². The Hall–Kier alpha value is -0.0800. The van der Waals surface area contributed by atoms with E-state index in [4.69, 9.17) is 5.73 Å². The molecule has 1 saturated carbocycles. The average Bonchev–Trinajstić information content (AvgIpc) is 2.26. The van der Waals surface area contributed by atoms with E-state index in [2.05, 4.69) is 18.7 Å². The smallest absolute Gasteiger partial charge is 0.000978 e. The summed E-state index contributed by atoms with van der Waals surface area (Å²) in [7, 11) is 0. The molecule has 2 N–H and O–H groups in total. The molecule has 0 aromatic rings. The molecule has 0 amide bonds. The van der Waals surface area contributed by atoms with Crippen molar-refractivity contribution in [1.82, 2.24) is 4.90 Å². The van der Waals surface area contributed by atoms with Crippen LogP contribution in [0.25, 0.3) is 0 Å². The maximum Gasteiger partial charge on any atom is 0.000978 e. The minimum atomic E-state index is 0.779. The van der Waals surface area contributed by atoms with Crippen LogP contribution < -0.4 is 5.73 Å². The summed E-state index contributed by atoms with van der Waals surface area (Å²) < 4.78 is 0. The van der Waals surface area contributed by atoms with Crippen molar-refractivity contribution in [3.05, 3.63) is 0 Å². The standard InChI is InChI=1S/C14H30N2/c1-13(2)11-16(10-6-9-15)12-14-7-4-3-5-8-14/h13-14H,3-12,15H2,1-2H3. The Morgan fingerprint density at radius 1 is 1.19 bits per heavy atom. The fourth-order valence-corrected chi connectivity index (χ4v) is 2.82. The second-order valence-corrected chi connectivity index (χ2v) is 5.80. The minimum absolute atomic E-state index is 0.779. The van der Waals surface area contributed by atoms with Gasteiger partial charge in [-0.25, -0.2) is 0 Å². The highest BCUT2D eigenvalue weighted by atomic mass is 15.1. The van der Waals surface area contributed by atoms with Crippen molar-refractivity contribution in [3.63, 3.8) is 0 Å². The van der Waals surface area contributed by atoms with E-state index in [1.54, 1.807) is 0 Å². The summed E-state index contributed by atoms with van der Waals surface area (Å²) in [5.41, 5.74) is 5.61. The van der Waals surface area contributed by atoms with Gasteiger partial charge in [-0.2, -0.15) is 0 Å². The van der Waals surface area contributed by atoms with Gasteiger partial charge in [0.1, 0.15) is 0 Å². The molecule has 0 unspecified atom stereocenters. The normalized spacial score (nSPS) is 18.6. The van der Waals surface area contributed by atoms with Crippen LogP contribution in [0.2, 0.25) is 0 Å². The third-order valence-corrected chi connectivity index (χ3v) is 3.54. The second kappa shape index (κ2) is 8.08. The maximum absolute atomic E-state index is 5.61. The summed E-state index contributed by atoms with van der Waals surface area (Å²) in [6.07, 6.45) is 8.44. The van der Waals surface area contributed by atoms with E-state index in [0.717, 1.165) is 24.8 Å². The lowest BCUT2D eigenvalue weighted by Crippen LogP contribution is -2.35. The molecule has 0 aromatic heterocycles. The largest absolute Gasteiger partial charge is 0.330 e. The Balaban J connectivity index is 2.28. The monoisotopic (exact) mass is 226 g/mol. The molecule has 0 radical (unpaired) electrons. The number of hydrogen-bond acceptors (Lipinski definition) is 2. The highest BCUT2D eigenvalue weighted by Gasteiger charge is 2.17. The van der Waals surface area contributed by atoms with Crippen molar-refractivity contribution in [3.8, 4) is 0 Å². The first kappa shape index (κ1) is 14.0. The highest BCUT2D eigenvalue weighted by molar-refractivity contribution is 4.71. The molecule has 96 valence electrons. The molecule has 1 aliphatic rings. The zero-order valence-electron chi connectivity index (χ0n) is 11.3. The van der Waals surface area contributed by atoms with Gasteiger partial charge < -0.3 is 10.6 Å². The van der Waals surface area contributed by atoms with Crippen molar-refractivity contribution >= 4 is 0 Å². The van der Waals surface area contributed by atoms with Crippen LogP contribution in [0.15, 0.2) is 0 Å². The zero-order valence-corrected chi connectivity index (χ0v) is 11.3. The Morgan fingerprint density at radius 3 is 2.44 bits per heavy atom. The van der Waals surface area contributed by atoms with E-state index in [9.17, 15) is 0 Å². The highest BCUT2D eigenvalue weighted by Crippen LogP contribution is 2.24. The van der Waals surface area contributed by atoms with Gasteiger partial charge in [-0.3, -0.25) is 0 Å². The van der Waals surface area contributed by atoms with Gasteiger partial charge >= 0.3 is 0 Å². The fourth-order valence-electron chi connectivity index (χ4n) is 2.82. The van der Waals surface area contributed by atoms with Crippen molar-refractivity contribution in [2.24, 2.45) is 17.6 Å². The Bertz CT molecular complexity index is 162. The van der Waals surface area contributed by atoms with E-state index < -0.39 is 0 Å². The Labute approximate surface area is 102 Å². The fraction of sp³-hybridized carbons (Fsp3) is 1.00. The van der Waals surface area contributed by atoms with Gasteiger partial charge in [-0.05, 0) is 44.2 Å². The first-order valence-corrected chi connectivity index (χ1v) is 7.14. The molecule has 0 aliphatic heterocycles.